The van der Waals surface area contributed by atoms with Crippen LogP contribution in [0, 0.1) is 0 Å². The lowest BCUT2D eigenvalue weighted by molar-refractivity contribution is -0.102. The van der Waals surface area contributed by atoms with E-state index < -0.39 is 0 Å². The first kappa shape index (κ1) is 5.97. The lowest BCUT2D eigenvalue weighted by Crippen LogP contribution is -2.16. The molecule has 10 heavy (non-hydrogen) atoms. The van der Waals surface area contributed by atoms with Gasteiger partial charge in [-0.2, -0.15) is 0 Å². The van der Waals surface area contributed by atoms with Gasteiger partial charge < -0.3 is 4.90 Å². The lowest BCUT2D eigenvalue weighted by atomic mass is 10.3. The van der Waals surface area contributed by atoms with Crippen molar-refractivity contribution < 1.29 is 4.79 Å². The number of aldehydes is 1. The zero-order valence-corrected chi connectivity index (χ0v) is 6.10. The minimum absolute atomic E-state index is 0.602. The van der Waals surface area contributed by atoms with Crippen LogP contribution in [0.15, 0.2) is 16.1 Å². The summed E-state index contributed by atoms with van der Waals surface area (Å²) in [6, 6.07) is 0. The topological polar surface area (TPSA) is 32.7 Å². The number of allylic oxidation sites excluding steroid dienone is 1. The van der Waals surface area contributed by atoms with Gasteiger partial charge in [-0.3, -0.25) is 9.79 Å². The second-order valence-corrected chi connectivity index (χ2v) is 2.97. The molecule has 4 heteroatoms. The summed E-state index contributed by atoms with van der Waals surface area (Å²) in [5, 5.41) is 1.99. The Morgan fingerprint density at radius 2 is 2.70 bits per heavy atom. The number of carbonyl (C=O) groups excluding carboxylic acids is 1. The highest BCUT2D eigenvalue weighted by Gasteiger charge is 2.24. The van der Waals surface area contributed by atoms with E-state index in [1.54, 1.807) is 11.8 Å². The van der Waals surface area contributed by atoms with E-state index in [1.165, 1.54) is 0 Å². The van der Waals surface area contributed by atoms with E-state index in [-0.39, 0.29) is 0 Å². The third kappa shape index (κ3) is 0.686. The first-order chi connectivity index (χ1) is 4.92. The molecule has 0 amide bonds. The van der Waals surface area contributed by atoms with Gasteiger partial charge in [-0.25, -0.2) is 0 Å². The number of nitrogens with zero attached hydrogens (tertiary/aromatic N) is 2. The normalized spacial score (nSPS) is 22.2. The largest absolute Gasteiger partial charge is 0.340 e. The van der Waals surface area contributed by atoms with E-state index in [4.69, 9.17) is 0 Å². The molecule has 2 heterocycles. The number of hydrogen-bond donors (Lipinski definition) is 0. The molecule has 0 N–H and O–H groups in total. The Labute approximate surface area is 62.8 Å². The molecule has 0 aromatic heterocycles. The quantitative estimate of drug-likeness (QED) is 0.514. The number of carbonyl (C=O) groups is 1. The van der Waals surface area contributed by atoms with E-state index in [1.807, 2.05) is 5.41 Å². The molecule has 0 atom stereocenters. The smallest absolute Gasteiger partial charge is 0.170 e. The van der Waals surface area contributed by atoms with Crippen LogP contribution in [0.5, 0.6) is 0 Å². The van der Waals surface area contributed by atoms with Crippen molar-refractivity contribution >= 4 is 23.8 Å². The van der Waals surface area contributed by atoms with Crippen LogP contribution in [0.25, 0.3) is 0 Å². The van der Waals surface area contributed by atoms with Crippen molar-refractivity contribution in [1.82, 2.24) is 4.90 Å². The fourth-order valence-corrected chi connectivity index (χ4v) is 1.93. The van der Waals surface area contributed by atoms with Gasteiger partial charge in [0.2, 0.25) is 0 Å². The van der Waals surface area contributed by atoms with Gasteiger partial charge in [0.15, 0.2) is 6.29 Å². The zero-order valence-electron chi connectivity index (χ0n) is 5.28. The van der Waals surface area contributed by atoms with Crippen LogP contribution in [0.2, 0.25) is 0 Å². The molecule has 0 saturated heterocycles. The van der Waals surface area contributed by atoms with E-state index >= 15 is 0 Å². The van der Waals surface area contributed by atoms with Gasteiger partial charge in [0.05, 0.1) is 11.6 Å². The van der Waals surface area contributed by atoms with Gasteiger partial charge in [0.1, 0.15) is 12.4 Å². The molecule has 3 nitrogen and oxygen atoms in total. The lowest BCUT2D eigenvalue weighted by Gasteiger charge is -2.08. The molecule has 0 radical (unpaired) electrons. The molecule has 2 aliphatic heterocycles. The Bertz CT molecular complexity index is 234. The molecule has 0 aliphatic carbocycles. The minimum Gasteiger partial charge on any atom is -0.340 e. The molecular weight excluding hydrogens is 148 g/mol. The standard InChI is InChI=1S/C6H6N2OS/c9-1-5-6-2-10-4-8(6)3-7-5/h1-2H,3-4H2. The molecule has 2 rings (SSSR count). The van der Waals surface area contributed by atoms with Crippen LogP contribution in [-0.2, 0) is 4.79 Å². The number of aliphatic imine (C=N–C) groups is 1. The molecule has 0 bridgehead atoms. The molecule has 0 unspecified atom stereocenters. The van der Waals surface area contributed by atoms with Gasteiger partial charge in [-0.15, -0.1) is 11.8 Å². The van der Waals surface area contributed by atoms with Crippen molar-refractivity contribution in [2.45, 2.75) is 0 Å². The van der Waals surface area contributed by atoms with E-state index in [0.29, 0.717) is 12.4 Å². The Kier molecular flexibility index (Phi) is 1.27. The van der Waals surface area contributed by atoms with E-state index in [2.05, 4.69) is 9.89 Å². The second kappa shape index (κ2) is 2.12. The fraction of sp³-hybridized carbons (Fsp3) is 0.333. The van der Waals surface area contributed by atoms with Crippen LogP contribution in [-0.4, -0.2) is 29.4 Å². The highest BCUT2D eigenvalue weighted by Crippen LogP contribution is 2.26. The van der Waals surface area contributed by atoms with Crippen molar-refractivity contribution in [2.24, 2.45) is 4.99 Å². The summed E-state index contributed by atoms with van der Waals surface area (Å²) >= 11 is 1.71. The van der Waals surface area contributed by atoms with Gasteiger partial charge in [0, 0.05) is 0 Å². The first-order valence-electron chi connectivity index (χ1n) is 2.98. The van der Waals surface area contributed by atoms with Crippen LogP contribution >= 0.6 is 11.8 Å². The SMILES string of the molecule is O=CC1=NCN2CSC=C12. The molecule has 52 valence electrons. The van der Waals surface area contributed by atoms with E-state index in [9.17, 15) is 4.79 Å². The second-order valence-electron chi connectivity index (χ2n) is 2.14. The van der Waals surface area contributed by atoms with Crippen LogP contribution < -0.4 is 0 Å². The number of fused-ring (bicyclic) bond motifs is 1. The minimum atomic E-state index is 0.602. The van der Waals surface area contributed by atoms with Gasteiger partial charge >= 0.3 is 0 Å². The molecule has 0 aromatic carbocycles. The van der Waals surface area contributed by atoms with Crippen molar-refractivity contribution in [3.63, 3.8) is 0 Å². The number of hydrogen-bond acceptors (Lipinski definition) is 4. The van der Waals surface area contributed by atoms with E-state index in [0.717, 1.165) is 17.9 Å². The predicted octanol–water partition coefficient (Wildman–Crippen LogP) is 0.445. The van der Waals surface area contributed by atoms with Crippen molar-refractivity contribution in [3.8, 4) is 0 Å². The third-order valence-electron chi connectivity index (χ3n) is 1.55. The summed E-state index contributed by atoms with van der Waals surface area (Å²) in [6.07, 6.45) is 0.817. The van der Waals surface area contributed by atoms with Crippen LogP contribution in [0.1, 0.15) is 0 Å². The Hall–Kier alpha value is -0.770. The zero-order chi connectivity index (χ0) is 6.97. The van der Waals surface area contributed by atoms with Crippen molar-refractivity contribution in [2.75, 3.05) is 12.5 Å². The monoisotopic (exact) mass is 154 g/mol. The summed E-state index contributed by atoms with van der Waals surface area (Å²) in [6.45, 7) is 0.660. The molecule has 0 saturated carbocycles. The fourth-order valence-electron chi connectivity index (χ4n) is 1.03. The molecule has 2 aliphatic rings. The first-order valence-corrected chi connectivity index (χ1v) is 4.03. The van der Waals surface area contributed by atoms with Gasteiger partial charge in [-0.1, -0.05) is 0 Å². The average molecular weight is 154 g/mol. The summed E-state index contributed by atoms with van der Waals surface area (Å²) in [7, 11) is 0. The van der Waals surface area contributed by atoms with Crippen LogP contribution in [0.3, 0.4) is 0 Å². The Balaban J connectivity index is 2.32. The number of rotatable bonds is 1. The average Bonchev–Trinajstić information content (AvgIpc) is 2.44. The summed E-state index contributed by atoms with van der Waals surface area (Å²) in [5.74, 6) is 0.941. The molecule has 0 aromatic rings. The maximum Gasteiger partial charge on any atom is 0.170 e. The summed E-state index contributed by atoms with van der Waals surface area (Å²) in [4.78, 5) is 16.5. The van der Waals surface area contributed by atoms with Gasteiger partial charge in [-0.05, 0) is 5.41 Å². The predicted molar refractivity (Wildman–Crippen MR) is 40.7 cm³/mol. The van der Waals surface area contributed by atoms with Crippen molar-refractivity contribution in [1.29, 1.82) is 0 Å². The molecule has 0 fully saturated rings. The maximum absolute atomic E-state index is 10.3. The summed E-state index contributed by atoms with van der Waals surface area (Å²) in [5.41, 5.74) is 1.60. The molecule has 0 spiro atoms. The third-order valence-corrected chi connectivity index (χ3v) is 2.40. The van der Waals surface area contributed by atoms with Gasteiger partial charge in [0.25, 0.3) is 0 Å². The summed E-state index contributed by atoms with van der Waals surface area (Å²) < 4.78 is 0. The van der Waals surface area contributed by atoms with Crippen molar-refractivity contribution in [3.05, 3.63) is 11.1 Å². The molecular formula is C6H6N2OS. The number of thioether (sulfide) groups is 1. The Morgan fingerprint density at radius 3 is 3.50 bits per heavy atom. The highest BCUT2D eigenvalue weighted by atomic mass is 32.2. The Morgan fingerprint density at radius 1 is 1.80 bits per heavy atom. The highest BCUT2D eigenvalue weighted by molar-refractivity contribution is 8.02. The maximum atomic E-state index is 10.3. The van der Waals surface area contributed by atoms with Crippen LogP contribution in [0.4, 0.5) is 0 Å².